The van der Waals surface area contributed by atoms with Gasteiger partial charge in [0.2, 0.25) is 11.6 Å². The van der Waals surface area contributed by atoms with Gasteiger partial charge in [0.05, 0.1) is 12.7 Å². The largest absolute Gasteiger partial charge is 0.466 e. The van der Waals surface area contributed by atoms with Gasteiger partial charge in [0.25, 0.3) is 0 Å². The van der Waals surface area contributed by atoms with Gasteiger partial charge in [-0.15, -0.1) is 0 Å². The summed E-state index contributed by atoms with van der Waals surface area (Å²) in [5, 5.41) is 14.5. The monoisotopic (exact) mass is 273 g/mol. The van der Waals surface area contributed by atoms with E-state index >= 15 is 0 Å². The SMILES string of the molecule is COC(=O)C1=C(C)Nc2nnnn2C1c1cccc[nH+]1. The van der Waals surface area contributed by atoms with Crippen LogP contribution in [0.3, 0.4) is 0 Å². The Balaban J connectivity index is 2.19. The van der Waals surface area contributed by atoms with E-state index in [1.807, 2.05) is 18.2 Å². The molecule has 3 rings (SSSR count). The third kappa shape index (κ3) is 1.81. The van der Waals surface area contributed by atoms with E-state index in [1.54, 1.807) is 17.8 Å². The molecular weight excluding hydrogens is 260 g/mol. The smallest absolute Gasteiger partial charge is 0.338 e. The molecule has 8 nitrogen and oxygen atoms in total. The summed E-state index contributed by atoms with van der Waals surface area (Å²) in [5.74, 6) is 0.0656. The number of nitrogens with zero attached hydrogens (tertiary/aromatic N) is 4. The summed E-state index contributed by atoms with van der Waals surface area (Å²) in [6.45, 7) is 1.79. The predicted octanol–water partition coefficient (Wildman–Crippen LogP) is -0.0509. The highest BCUT2D eigenvalue weighted by molar-refractivity contribution is 5.92. The second kappa shape index (κ2) is 4.72. The number of carbonyl (C=O) groups is 1. The van der Waals surface area contributed by atoms with Crippen LogP contribution in [0.2, 0.25) is 0 Å². The highest BCUT2D eigenvalue weighted by atomic mass is 16.5. The van der Waals surface area contributed by atoms with Gasteiger partial charge in [-0.2, -0.15) is 4.68 Å². The van der Waals surface area contributed by atoms with Crippen molar-refractivity contribution in [2.75, 3.05) is 12.4 Å². The van der Waals surface area contributed by atoms with Crippen molar-refractivity contribution in [1.82, 2.24) is 20.2 Å². The maximum absolute atomic E-state index is 12.1. The van der Waals surface area contributed by atoms with Crippen molar-refractivity contribution in [1.29, 1.82) is 0 Å². The zero-order valence-corrected chi connectivity index (χ0v) is 11.0. The summed E-state index contributed by atoms with van der Waals surface area (Å²) < 4.78 is 6.42. The Kier molecular flexibility index (Phi) is 2.90. The maximum Gasteiger partial charge on any atom is 0.338 e. The molecule has 0 fully saturated rings. The number of nitrogens with one attached hydrogen (secondary N) is 2. The number of pyridine rings is 1. The van der Waals surface area contributed by atoms with Gasteiger partial charge in [-0.25, -0.2) is 9.78 Å². The first-order valence-electron chi connectivity index (χ1n) is 6.03. The fourth-order valence-corrected chi connectivity index (χ4v) is 2.25. The molecule has 8 heteroatoms. The molecule has 2 N–H and O–H groups in total. The minimum absolute atomic E-state index is 0.418. The molecule has 0 spiro atoms. The topological polar surface area (TPSA) is 96.1 Å². The van der Waals surface area contributed by atoms with Crippen molar-refractivity contribution in [2.45, 2.75) is 13.0 Å². The number of esters is 1. The number of aromatic nitrogens is 5. The lowest BCUT2D eigenvalue weighted by Crippen LogP contribution is -2.32. The molecule has 0 bridgehead atoms. The Morgan fingerprint density at radius 2 is 2.35 bits per heavy atom. The maximum atomic E-state index is 12.1. The molecule has 1 aliphatic heterocycles. The third-order valence-corrected chi connectivity index (χ3v) is 3.15. The van der Waals surface area contributed by atoms with Crippen LogP contribution < -0.4 is 10.3 Å². The molecule has 2 aromatic rings. The zero-order valence-electron chi connectivity index (χ0n) is 11.0. The Bertz CT molecular complexity index is 678. The van der Waals surface area contributed by atoms with Gasteiger partial charge in [-0.3, -0.25) is 0 Å². The molecule has 0 saturated carbocycles. The zero-order chi connectivity index (χ0) is 14.1. The van der Waals surface area contributed by atoms with Gasteiger partial charge in [0.15, 0.2) is 12.2 Å². The number of hydrogen-bond donors (Lipinski definition) is 1. The van der Waals surface area contributed by atoms with Crippen LogP contribution >= 0.6 is 0 Å². The van der Waals surface area contributed by atoms with Crippen LogP contribution in [-0.2, 0) is 9.53 Å². The molecule has 0 aromatic carbocycles. The fourth-order valence-electron chi connectivity index (χ4n) is 2.25. The molecule has 0 aliphatic carbocycles. The predicted molar refractivity (Wildman–Crippen MR) is 67.3 cm³/mol. The average molecular weight is 273 g/mol. The Morgan fingerprint density at radius 1 is 1.50 bits per heavy atom. The lowest BCUT2D eigenvalue weighted by atomic mass is 10.00. The second-order valence-electron chi connectivity index (χ2n) is 4.32. The Labute approximate surface area is 114 Å². The summed E-state index contributed by atoms with van der Waals surface area (Å²) in [6, 6.07) is 5.16. The first-order valence-corrected chi connectivity index (χ1v) is 6.03. The number of allylic oxidation sites excluding steroid dienone is 1. The highest BCUT2D eigenvalue weighted by Gasteiger charge is 2.37. The molecule has 2 aromatic heterocycles. The van der Waals surface area contributed by atoms with Crippen molar-refractivity contribution in [3.05, 3.63) is 41.4 Å². The summed E-state index contributed by atoms with van der Waals surface area (Å²) in [7, 11) is 1.35. The summed E-state index contributed by atoms with van der Waals surface area (Å²) in [6.07, 6.45) is 1.78. The molecule has 20 heavy (non-hydrogen) atoms. The molecule has 1 unspecified atom stereocenters. The standard InChI is InChI=1S/C12H12N6O2/c1-7-9(11(19)20-2)10(8-5-3-4-6-13-8)18-12(14-7)15-16-17-18/h3-6,10H,1-2H3,(H,14,15,17)/p+1. The second-order valence-corrected chi connectivity index (χ2v) is 4.32. The average Bonchev–Trinajstić information content (AvgIpc) is 2.93. The minimum Gasteiger partial charge on any atom is -0.466 e. The van der Waals surface area contributed by atoms with E-state index < -0.39 is 12.0 Å². The molecule has 3 heterocycles. The summed E-state index contributed by atoms with van der Waals surface area (Å²) in [4.78, 5) is 15.2. The van der Waals surface area contributed by atoms with Crippen molar-refractivity contribution in [3.63, 3.8) is 0 Å². The number of rotatable bonds is 2. The molecule has 0 radical (unpaired) electrons. The van der Waals surface area contributed by atoms with Gasteiger partial charge in [0.1, 0.15) is 0 Å². The highest BCUT2D eigenvalue weighted by Crippen LogP contribution is 2.32. The van der Waals surface area contributed by atoms with E-state index in [-0.39, 0.29) is 0 Å². The van der Waals surface area contributed by atoms with E-state index in [1.165, 1.54) is 7.11 Å². The molecule has 1 atom stereocenters. The van der Waals surface area contributed by atoms with Crippen LogP contribution in [0, 0.1) is 0 Å². The van der Waals surface area contributed by atoms with Crippen LogP contribution in [0.25, 0.3) is 0 Å². The van der Waals surface area contributed by atoms with E-state index in [0.29, 0.717) is 17.2 Å². The number of H-pyrrole nitrogens is 1. The lowest BCUT2D eigenvalue weighted by molar-refractivity contribution is -0.393. The van der Waals surface area contributed by atoms with E-state index in [4.69, 9.17) is 4.74 Å². The molecular formula is C12H13N6O2+. The quantitative estimate of drug-likeness (QED) is 0.771. The summed E-state index contributed by atoms with van der Waals surface area (Å²) >= 11 is 0. The molecule has 0 amide bonds. The molecule has 1 aliphatic rings. The lowest BCUT2D eigenvalue weighted by Gasteiger charge is -2.24. The fraction of sp³-hybridized carbons (Fsp3) is 0.250. The number of anilines is 1. The van der Waals surface area contributed by atoms with Crippen molar-refractivity contribution in [3.8, 4) is 0 Å². The van der Waals surface area contributed by atoms with E-state index in [2.05, 4.69) is 25.8 Å². The van der Waals surface area contributed by atoms with E-state index in [9.17, 15) is 4.79 Å². The number of ether oxygens (including phenoxy) is 1. The molecule has 0 saturated heterocycles. The van der Waals surface area contributed by atoms with Crippen LogP contribution in [0.1, 0.15) is 18.7 Å². The number of hydrogen-bond acceptors (Lipinski definition) is 6. The van der Waals surface area contributed by atoms with Crippen molar-refractivity contribution >= 4 is 11.9 Å². The van der Waals surface area contributed by atoms with E-state index in [0.717, 1.165) is 5.69 Å². The summed E-state index contributed by atoms with van der Waals surface area (Å²) in [5.41, 5.74) is 1.93. The van der Waals surface area contributed by atoms with Crippen molar-refractivity contribution < 1.29 is 14.5 Å². The van der Waals surface area contributed by atoms with Gasteiger partial charge in [-0.05, 0) is 17.4 Å². The normalized spacial score (nSPS) is 17.4. The van der Waals surface area contributed by atoms with Crippen molar-refractivity contribution in [2.24, 2.45) is 0 Å². The van der Waals surface area contributed by atoms with Gasteiger partial charge in [-0.1, -0.05) is 11.2 Å². The van der Waals surface area contributed by atoms with Crippen LogP contribution in [0.5, 0.6) is 0 Å². The number of methoxy groups -OCH3 is 1. The number of tetrazole rings is 1. The number of carbonyl (C=O) groups excluding carboxylic acids is 1. The Morgan fingerprint density at radius 3 is 3.05 bits per heavy atom. The van der Waals surface area contributed by atoms with Gasteiger partial charge >= 0.3 is 5.97 Å². The molecule has 102 valence electrons. The first-order chi connectivity index (χ1) is 9.72. The third-order valence-electron chi connectivity index (χ3n) is 3.15. The van der Waals surface area contributed by atoms with Gasteiger partial charge < -0.3 is 10.1 Å². The minimum atomic E-state index is -0.449. The Hall–Kier alpha value is -2.77. The number of fused-ring (bicyclic) bond motifs is 1. The van der Waals surface area contributed by atoms with Gasteiger partial charge in [0, 0.05) is 17.8 Å². The van der Waals surface area contributed by atoms with Crippen LogP contribution in [-0.4, -0.2) is 33.3 Å². The van der Waals surface area contributed by atoms with Crippen LogP contribution in [0.4, 0.5) is 5.95 Å². The number of aromatic amines is 1. The van der Waals surface area contributed by atoms with Crippen LogP contribution in [0.15, 0.2) is 35.7 Å². The first kappa shape index (κ1) is 12.3.